The number of amides is 1. The third kappa shape index (κ3) is 3.19. The maximum atomic E-state index is 13.1. The fourth-order valence-corrected chi connectivity index (χ4v) is 2.44. The van der Waals surface area contributed by atoms with E-state index in [-0.39, 0.29) is 16.6 Å². The summed E-state index contributed by atoms with van der Waals surface area (Å²) in [6.45, 7) is 0. The van der Waals surface area contributed by atoms with Crippen LogP contribution in [0, 0.1) is 0 Å². The minimum atomic E-state index is -4.52. The molecule has 1 amide bonds. The van der Waals surface area contributed by atoms with Gasteiger partial charge in [-0.2, -0.15) is 13.2 Å². The van der Waals surface area contributed by atoms with Crippen molar-refractivity contribution in [3.05, 3.63) is 70.9 Å². The molecule has 0 unspecified atom stereocenters. The molecule has 0 aliphatic heterocycles. The topological polar surface area (TPSA) is 42.0 Å². The van der Waals surface area contributed by atoms with Crippen LogP contribution in [0.2, 0.25) is 5.02 Å². The van der Waals surface area contributed by atoms with Gasteiger partial charge in [-0.05, 0) is 36.4 Å². The number of carbonyl (C=O) groups is 1. The molecular weight excluding hydrogens is 341 g/mol. The van der Waals surface area contributed by atoms with Gasteiger partial charge in [0, 0.05) is 22.2 Å². The van der Waals surface area contributed by atoms with E-state index >= 15 is 0 Å². The van der Waals surface area contributed by atoms with Crippen molar-refractivity contribution < 1.29 is 18.0 Å². The largest absolute Gasteiger partial charge is 0.418 e. The number of pyridine rings is 1. The lowest BCUT2D eigenvalue weighted by molar-refractivity contribution is -0.136. The van der Waals surface area contributed by atoms with E-state index < -0.39 is 17.6 Å². The number of para-hydroxylation sites is 1. The van der Waals surface area contributed by atoms with E-state index in [1.54, 1.807) is 12.1 Å². The van der Waals surface area contributed by atoms with Crippen LogP contribution in [-0.2, 0) is 6.18 Å². The Morgan fingerprint density at radius 1 is 1.04 bits per heavy atom. The predicted molar refractivity (Wildman–Crippen MR) is 86.2 cm³/mol. The molecule has 1 aromatic heterocycles. The van der Waals surface area contributed by atoms with Crippen molar-refractivity contribution in [2.24, 2.45) is 0 Å². The summed E-state index contributed by atoms with van der Waals surface area (Å²) >= 11 is 5.77. The highest BCUT2D eigenvalue weighted by atomic mass is 35.5. The minimum Gasteiger partial charge on any atom is -0.321 e. The molecule has 0 saturated heterocycles. The van der Waals surface area contributed by atoms with Crippen molar-refractivity contribution in [2.45, 2.75) is 6.18 Å². The summed E-state index contributed by atoms with van der Waals surface area (Å²) < 4.78 is 39.2. The maximum Gasteiger partial charge on any atom is 0.418 e. The zero-order chi connectivity index (χ0) is 17.3. The number of fused-ring (bicyclic) bond motifs is 1. The Balaban J connectivity index is 2.01. The summed E-state index contributed by atoms with van der Waals surface area (Å²) in [5, 5.41) is 3.31. The van der Waals surface area contributed by atoms with E-state index in [0.717, 1.165) is 6.07 Å². The second-order valence-electron chi connectivity index (χ2n) is 5.02. The lowest BCUT2D eigenvalue weighted by atomic mass is 10.1. The van der Waals surface area contributed by atoms with Crippen molar-refractivity contribution in [3.63, 3.8) is 0 Å². The van der Waals surface area contributed by atoms with Crippen LogP contribution in [0.4, 0.5) is 18.9 Å². The molecule has 0 saturated carbocycles. The highest BCUT2D eigenvalue weighted by molar-refractivity contribution is 6.30. The van der Waals surface area contributed by atoms with E-state index in [1.807, 2.05) is 0 Å². The molecule has 3 aromatic rings. The number of alkyl halides is 3. The Bertz CT molecular complexity index is 908. The van der Waals surface area contributed by atoms with Crippen LogP contribution in [0.15, 0.2) is 54.7 Å². The molecule has 24 heavy (non-hydrogen) atoms. The maximum absolute atomic E-state index is 13.1. The molecule has 0 radical (unpaired) electrons. The molecule has 7 heteroatoms. The van der Waals surface area contributed by atoms with Crippen LogP contribution >= 0.6 is 11.6 Å². The zero-order valence-corrected chi connectivity index (χ0v) is 12.8. The van der Waals surface area contributed by atoms with Gasteiger partial charge in [0.05, 0.1) is 16.8 Å². The minimum absolute atomic E-state index is 0.209. The number of halogens is 4. The van der Waals surface area contributed by atoms with Crippen LogP contribution in [0.1, 0.15) is 15.9 Å². The highest BCUT2D eigenvalue weighted by Crippen LogP contribution is 2.35. The Labute approximate surface area is 140 Å². The normalized spacial score (nSPS) is 11.5. The summed E-state index contributed by atoms with van der Waals surface area (Å²) in [4.78, 5) is 16.1. The standard InChI is InChI=1S/C17H10ClF3N2O/c18-11-6-4-10(5-7-11)16(24)23-14-8-9-22-15-12(14)2-1-3-13(15)17(19,20)21/h1-9H,(H,22,23,24). The summed E-state index contributed by atoms with van der Waals surface area (Å²) in [5.74, 6) is -0.448. The second kappa shape index (κ2) is 6.13. The van der Waals surface area contributed by atoms with Crippen LogP contribution in [-0.4, -0.2) is 10.9 Å². The second-order valence-corrected chi connectivity index (χ2v) is 5.46. The molecule has 0 aliphatic rings. The third-order valence-electron chi connectivity index (χ3n) is 3.43. The van der Waals surface area contributed by atoms with Crippen molar-refractivity contribution in [1.82, 2.24) is 4.98 Å². The van der Waals surface area contributed by atoms with Gasteiger partial charge in [0.25, 0.3) is 5.91 Å². The monoisotopic (exact) mass is 350 g/mol. The number of hydrogen-bond acceptors (Lipinski definition) is 2. The first-order chi connectivity index (χ1) is 11.4. The van der Waals surface area contributed by atoms with Crippen LogP contribution in [0.25, 0.3) is 10.9 Å². The number of aromatic nitrogens is 1. The van der Waals surface area contributed by atoms with Gasteiger partial charge >= 0.3 is 6.18 Å². The van der Waals surface area contributed by atoms with Gasteiger partial charge in [0.15, 0.2) is 0 Å². The highest BCUT2D eigenvalue weighted by Gasteiger charge is 2.33. The van der Waals surface area contributed by atoms with Crippen molar-refractivity contribution >= 4 is 34.1 Å². The summed E-state index contributed by atoms with van der Waals surface area (Å²) in [6, 6.07) is 11.4. The number of carbonyl (C=O) groups excluding carboxylic acids is 1. The molecule has 0 bridgehead atoms. The molecule has 3 nitrogen and oxygen atoms in total. The van der Waals surface area contributed by atoms with Crippen LogP contribution in [0.3, 0.4) is 0 Å². The fraction of sp³-hybridized carbons (Fsp3) is 0.0588. The quantitative estimate of drug-likeness (QED) is 0.693. The van der Waals surface area contributed by atoms with Crippen molar-refractivity contribution in [3.8, 4) is 0 Å². The first kappa shape index (κ1) is 16.3. The number of benzene rings is 2. The van der Waals surface area contributed by atoms with Gasteiger partial charge in [0.1, 0.15) is 0 Å². The van der Waals surface area contributed by atoms with Crippen molar-refractivity contribution in [2.75, 3.05) is 5.32 Å². The molecule has 1 N–H and O–H groups in total. The number of rotatable bonds is 2. The average Bonchev–Trinajstić information content (AvgIpc) is 2.54. The molecule has 122 valence electrons. The van der Waals surface area contributed by atoms with Gasteiger partial charge in [-0.1, -0.05) is 23.7 Å². The molecular formula is C17H10ClF3N2O. The lowest BCUT2D eigenvalue weighted by Crippen LogP contribution is -2.13. The van der Waals surface area contributed by atoms with Gasteiger partial charge in [-0.25, -0.2) is 0 Å². The van der Waals surface area contributed by atoms with Crippen LogP contribution < -0.4 is 5.32 Å². The van der Waals surface area contributed by atoms with Crippen molar-refractivity contribution in [1.29, 1.82) is 0 Å². The summed E-state index contributed by atoms with van der Waals surface area (Å²) in [6.07, 6.45) is -3.29. The molecule has 1 heterocycles. The number of nitrogens with one attached hydrogen (secondary N) is 1. The smallest absolute Gasteiger partial charge is 0.321 e. The van der Waals surface area contributed by atoms with Crippen LogP contribution in [0.5, 0.6) is 0 Å². The molecule has 0 atom stereocenters. The van der Waals surface area contributed by atoms with E-state index in [2.05, 4.69) is 10.3 Å². The first-order valence-corrected chi connectivity index (χ1v) is 7.26. The molecule has 2 aromatic carbocycles. The Morgan fingerprint density at radius 2 is 1.75 bits per heavy atom. The number of nitrogens with zero attached hydrogens (tertiary/aromatic N) is 1. The first-order valence-electron chi connectivity index (χ1n) is 6.88. The van der Waals surface area contributed by atoms with E-state index in [4.69, 9.17) is 11.6 Å². The van der Waals surface area contributed by atoms with Gasteiger partial charge < -0.3 is 5.32 Å². The number of anilines is 1. The molecule has 0 aliphatic carbocycles. The Kier molecular flexibility index (Phi) is 4.15. The Morgan fingerprint density at radius 3 is 2.42 bits per heavy atom. The van der Waals surface area contributed by atoms with E-state index in [9.17, 15) is 18.0 Å². The SMILES string of the molecule is O=C(Nc1ccnc2c(C(F)(F)F)cccc12)c1ccc(Cl)cc1. The summed E-state index contributed by atoms with van der Waals surface area (Å²) in [5.41, 5.74) is -0.455. The van der Waals surface area contributed by atoms with Gasteiger partial charge in [-0.15, -0.1) is 0 Å². The zero-order valence-electron chi connectivity index (χ0n) is 12.1. The van der Waals surface area contributed by atoms with Gasteiger partial charge in [-0.3, -0.25) is 9.78 Å². The molecule has 0 fully saturated rings. The molecule has 3 rings (SSSR count). The molecule has 0 spiro atoms. The third-order valence-corrected chi connectivity index (χ3v) is 3.68. The lowest BCUT2D eigenvalue weighted by Gasteiger charge is -2.12. The van der Waals surface area contributed by atoms with Gasteiger partial charge in [0.2, 0.25) is 0 Å². The average molecular weight is 351 g/mol. The summed E-state index contributed by atoms with van der Waals surface area (Å²) in [7, 11) is 0. The fourth-order valence-electron chi connectivity index (χ4n) is 2.31. The van der Waals surface area contributed by atoms with E-state index in [1.165, 1.54) is 36.5 Å². The predicted octanol–water partition coefficient (Wildman–Crippen LogP) is 5.16. The van der Waals surface area contributed by atoms with E-state index in [0.29, 0.717) is 10.6 Å². The Hall–Kier alpha value is -2.60. The number of hydrogen-bond donors (Lipinski definition) is 1.